The summed E-state index contributed by atoms with van der Waals surface area (Å²) in [4.78, 5) is 24.4. The third-order valence-electron chi connectivity index (χ3n) is 2.89. The van der Waals surface area contributed by atoms with Gasteiger partial charge in [-0.05, 0) is 0 Å². The first kappa shape index (κ1) is 16.0. The Morgan fingerprint density at radius 3 is 2.73 bits per heavy atom. The number of aromatic nitrogens is 4. The van der Waals surface area contributed by atoms with Crippen molar-refractivity contribution in [2.45, 2.75) is 32.7 Å². The smallest absolute Gasteiger partial charge is 0.254 e. The van der Waals surface area contributed by atoms with Crippen molar-refractivity contribution >= 4 is 5.91 Å². The molecule has 0 aliphatic heterocycles. The first-order chi connectivity index (χ1) is 10.6. The van der Waals surface area contributed by atoms with Gasteiger partial charge in [0.15, 0.2) is 5.82 Å². The molecular formula is C14H19N5O3. The molecule has 0 aliphatic carbocycles. The van der Waals surface area contributed by atoms with Crippen molar-refractivity contribution in [3.05, 3.63) is 35.5 Å². The normalized spacial score (nSPS) is 10.9. The molecule has 0 spiro atoms. The number of carbonyl (C=O) groups excluding carboxylic acids is 1. The minimum atomic E-state index is -0.285. The van der Waals surface area contributed by atoms with Crippen molar-refractivity contribution in [1.29, 1.82) is 0 Å². The van der Waals surface area contributed by atoms with Crippen LogP contribution in [0.5, 0.6) is 0 Å². The molecule has 0 saturated heterocycles. The SMILES string of the molecule is COCCc1noc(CNC(=O)c2cnc(C(C)C)nc2)n1. The van der Waals surface area contributed by atoms with Crippen LogP contribution in [0.1, 0.15) is 47.7 Å². The predicted molar refractivity (Wildman–Crippen MR) is 77.2 cm³/mol. The number of hydrogen-bond acceptors (Lipinski definition) is 7. The summed E-state index contributed by atoms with van der Waals surface area (Å²) in [6.45, 7) is 4.66. The van der Waals surface area contributed by atoms with Crippen molar-refractivity contribution in [3.8, 4) is 0 Å². The summed E-state index contributed by atoms with van der Waals surface area (Å²) < 4.78 is 9.97. The Kier molecular flexibility index (Phi) is 5.54. The average Bonchev–Trinajstić information content (AvgIpc) is 2.98. The maximum Gasteiger partial charge on any atom is 0.254 e. The fourth-order valence-electron chi connectivity index (χ4n) is 1.67. The third kappa shape index (κ3) is 4.32. The number of hydrogen-bond donors (Lipinski definition) is 1. The minimum Gasteiger partial charge on any atom is -0.384 e. The van der Waals surface area contributed by atoms with Gasteiger partial charge in [-0.15, -0.1) is 0 Å². The largest absolute Gasteiger partial charge is 0.384 e. The Morgan fingerprint density at radius 2 is 2.09 bits per heavy atom. The van der Waals surface area contributed by atoms with Crippen LogP contribution in [0, 0.1) is 0 Å². The maximum atomic E-state index is 12.0. The molecule has 8 nitrogen and oxygen atoms in total. The molecule has 22 heavy (non-hydrogen) atoms. The van der Waals surface area contributed by atoms with E-state index in [1.165, 1.54) is 12.4 Å². The van der Waals surface area contributed by atoms with E-state index < -0.39 is 0 Å². The van der Waals surface area contributed by atoms with E-state index >= 15 is 0 Å². The molecule has 0 radical (unpaired) electrons. The highest BCUT2D eigenvalue weighted by Gasteiger charge is 2.11. The Hall–Kier alpha value is -2.35. The number of methoxy groups -OCH3 is 1. The molecule has 2 aromatic rings. The van der Waals surface area contributed by atoms with Gasteiger partial charge in [0.2, 0.25) is 5.89 Å². The van der Waals surface area contributed by atoms with E-state index in [0.29, 0.717) is 36.1 Å². The summed E-state index contributed by atoms with van der Waals surface area (Å²) in [5, 5.41) is 6.48. The molecule has 0 unspecified atom stereocenters. The van der Waals surface area contributed by atoms with Crippen LogP contribution >= 0.6 is 0 Å². The maximum absolute atomic E-state index is 12.0. The summed E-state index contributed by atoms with van der Waals surface area (Å²) >= 11 is 0. The van der Waals surface area contributed by atoms with Gasteiger partial charge in [0, 0.05) is 31.8 Å². The number of rotatable bonds is 7. The van der Waals surface area contributed by atoms with E-state index in [9.17, 15) is 4.79 Å². The summed E-state index contributed by atoms with van der Waals surface area (Å²) in [5.74, 6) is 1.54. The van der Waals surface area contributed by atoms with Crippen molar-refractivity contribution in [1.82, 2.24) is 25.4 Å². The Bertz CT molecular complexity index is 609. The van der Waals surface area contributed by atoms with Gasteiger partial charge in [-0.3, -0.25) is 4.79 Å². The first-order valence-corrected chi connectivity index (χ1v) is 7.00. The highest BCUT2D eigenvalue weighted by Crippen LogP contribution is 2.07. The molecular weight excluding hydrogens is 286 g/mol. The molecule has 2 heterocycles. The molecule has 0 aromatic carbocycles. The number of ether oxygens (including phenoxy) is 1. The molecule has 2 aromatic heterocycles. The van der Waals surface area contributed by atoms with Crippen LogP contribution in [0.2, 0.25) is 0 Å². The molecule has 1 N–H and O–H groups in total. The van der Waals surface area contributed by atoms with Gasteiger partial charge >= 0.3 is 0 Å². The highest BCUT2D eigenvalue weighted by molar-refractivity contribution is 5.93. The van der Waals surface area contributed by atoms with Gasteiger partial charge in [0.05, 0.1) is 18.7 Å². The second kappa shape index (κ2) is 7.60. The monoisotopic (exact) mass is 305 g/mol. The van der Waals surface area contributed by atoms with Crippen LogP contribution in [0.4, 0.5) is 0 Å². The van der Waals surface area contributed by atoms with E-state index in [1.54, 1.807) is 7.11 Å². The zero-order valence-corrected chi connectivity index (χ0v) is 12.9. The average molecular weight is 305 g/mol. The van der Waals surface area contributed by atoms with Crippen molar-refractivity contribution in [2.75, 3.05) is 13.7 Å². The zero-order chi connectivity index (χ0) is 15.9. The van der Waals surface area contributed by atoms with Gasteiger partial charge in [0.25, 0.3) is 5.91 Å². The Morgan fingerprint density at radius 1 is 1.36 bits per heavy atom. The van der Waals surface area contributed by atoms with Crippen LogP contribution in [0.15, 0.2) is 16.9 Å². The van der Waals surface area contributed by atoms with Gasteiger partial charge in [-0.25, -0.2) is 9.97 Å². The number of amides is 1. The third-order valence-corrected chi connectivity index (χ3v) is 2.89. The Balaban J connectivity index is 1.88. The van der Waals surface area contributed by atoms with Crippen LogP contribution in [-0.4, -0.2) is 39.7 Å². The standard InChI is InChI=1S/C14H19N5O3/c1-9(2)13-15-6-10(7-16-13)14(20)17-8-12-18-11(19-22-12)4-5-21-3/h6-7,9H,4-5,8H2,1-3H3,(H,17,20). The molecule has 0 bridgehead atoms. The lowest BCUT2D eigenvalue weighted by atomic mass is 10.2. The second-order valence-corrected chi connectivity index (χ2v) is 5.01. The zero-order valence-electron chi connectivity index (χ0n) is 12.9. The van der Waals surface area contributed by atoms with Gasteiger partial charge in [-0.1, -0.05) is 19.0 Å². The van der Waals surface area contributed by atoms with Crippen LogP contribution in [0.3, 0.4) is 0 Å². The second-order valence-electron chi connectivity index (χ2n) is 5.01. The quantitative estimate of drug-likeness (QED) is 0.817. The number of nitrogens with zero attached hydrogens (tertiary/aromatic N) is 4. The van der Waals surface area contributed by atoms with Gasteiger partial charge in [0.1, 0.15) is 5.82 Å². The first-order valence-electron chi connectivity index (χ1n) is 7.00. The van der Waals surface area contributed by atoms with Crippen LogP contribution in [0.25, 0.3) is 0 Å². The lowest BCUT2D eigenvalue weighted by Gasteiger charge is -2.04. The fraction of sp³-hybridized carbons (Fsp3) is 0.500. The highest BCUT2D eigenvalue weighted by atomic mass is 16.5. The van der Waals surface area contributed by atoms with Crippen LogP contribution < -0.4 is 5.32 Å². The van der Waals surface area contributed by atoms with E-state index in [2.05, 4.69) is 25.4 Å². The Labute approximate surface area is 128 Å². The number of carbonyl (C=O) groups is 1. The molecule has 0 fully saturated rings. The molecule has 0 atom stereocenters. The van der Waals surface area contributed by atoms with E-state index in [4.69, 9.17) is 9.26 Å². The number of nitrogens with one attached hydrogen (secondary N) is 1. The van der Waals surface area contributed by atoms with Crippen molar-refractivity contribution in [3.63, 3.8) is 0 Å². The molecule has 1 amide bonds. The predicted octanol–water partition coefficient (Wildman–Crippen LogP) is 1.10. The minimum absolute atomic E-state index is 0.157. The fourth-order valence-corrected chi connectivity index (χ4v) is 1.67. The molecule has 8 heteroatoms. The molecule has 0 aliphatic rings. The van der Waals surface area contributed by atoms with E-state index in [1.807, 2.05) is 13.8 Å². The summed E-state index contributed by atoms with van der Waals surface area (Å²) in [6, 6.07) is 0. The van der Waals surface area contributed by atoms with Crippen LogP contribution in [-0.2, 0) is 17.7 Å². The van der Waals surface area contributed by atoms with E-state index in [0.717, 1.165) is 0 Å². The summed E-state index contributed by atoms with van der Waals surface area (Å²) in [6.07, 6.45) is 3.59. The van der Waals surface area contributed by atoms with Crippen molar-refractivity contribution in [2.24, 2.45) is 0 Å². The lowest BCUT2D eigenvalue weighted by molar-refractivity contribution is 0.0945. The van der Waals surface area contributed by atoms with E-state index in [-0.39, 0.29) is 18.4 Å². The summed E-state index contributed by atoms with van der Waals surface area (Å²) in [7, 11) is 1.61. The van der Waals surface area contributed by atoms with Gasteiger partial charge in [-0.2, -0.15) is 4.98 Å². The molecule has 118 valence electrons. The molecule has 0 saturated carbocycles. The molecule has 2 rings (SSSR count). The van der Waals surface area contributed by atoms with Crippen molar-refractivity contribution < 1.29 is 14.1 Å². The van der Waals surface area contributed by atoms with Gasteiger partial charge < -0.3 is 14.6 Å². The topological polar surface area (TPSA) is 103 Å². The summed E-state index contributed by atoms with van der Waals surface area (Å²) in [5.41, 5.74) is 0.392. The lowest BCUT2D eigenvalue weighted by Crippen LogP contribution is -2.23.